The molecule has 1 amide bonds. The van der Waals surface area contributed by atoms with Crippen LogP contribution in [0.3, 0.4) is 0 Å². The number of hydrogen-bond donors (Lipinski definition) is 2. The lowest BCUT2D eigenvalue weighted by atomic mass is 9.98. The minimum absolute atomic E-state index is 0.0118. The normalized spacial score (nSPS) is 17.8. The quantitative estimate of drug-likeness (QED) is 0.830. The molecule has 2 aromatic carbocycles. The van der Waals surface area contributed by atoms with Crippen molar-refractivity contribution in [3.8, 4) is 11.1 Å². The zero-order chi connectivity index (χ0) is 18.8. The summed E-state index contributed by atoms with van der Waals surface area (Å²) in [6.07, 6.45) is -0.529. The standard InChI is InChI=1S/C20H18N2O4S/c23-19(24)17-11-27-18(22-17)9-21-20(25)26-10-16-14-7-3-1-5-12(14)13-6-2-4-8-15(13)16/h1-8,16-17H,9-11H2,(H,21,25)(H,23,24). The molecular weight excluding hydrogens is 364 g/mol. The van der Waals surface area contributed by atoms with Gasteiger partial charge in [-0.3, -0.25) is 4.99 Å². The number of alkyl carbamates (subject to hydrolysis) is 1. The highest BCUT2D eigenvalue weighted by atomic mass is 32.2. The predicted octanol–water partition coefficient (Wildman–Crippen LogP) is 3.12. The molecule has 0 bridgehead atoms. The Morgan fingerprint density at radius 3 is 2.33 bits per heavy atom. The lowest BCUT2D eigenvalue weighted by Crippen LogP contribution is -2.29. The Balaban J connectivity index is 1.37. The Labute approximate surface area is 160 Å². The fourth-order valence-corrected chi connectivity index (χ4v) is 4.39. The Morgan fingerprint density at radius 1 is 1.11 bits per heavy atom. The molecule has 0 fully saturated rings. The van der Waals surface area contributed by atoms with Gasteiger partial charge in [-0.25, -0.2) is 9.59 Å². The fraction of sp³-hybridized carbons (Fsp3) is 0.250. The van der Waals surface area contributed by atoms with Crippen molar-refractivity contribution in [2.75, 3.05) is 18.9 Å². The SMILES string of the molecule is O=C(NCC1=NC(C(=O)O)CS1)OCC1c2ccccc2-c2ccccc21. The van der Waals surface area contributed by atoms with Crippen LogP contribution in [0.4, 0.5) is 4.79 Å². The zero-order valence-electron chi connectivity index (χ0n) is 14.4. The van der Waals surface area contributed by atoms with Crippen LogP contribution in [-0.2, 0) is 9.53 Å². The minimum atomic E-state index is -0.946. The van der Waals surface area contributed by atoms with Crippen LogP contribution in [0.5, 0.6) is 0 Å². The Morgan fingerprint density at radius 2 is 1.74 bits per heavy atom. The summed E-state index contributed by atoms with van der Waals surface area (Å²) in [6, 6.07) is 15.6. The summed E-state index contributed by atoms with van der Waals surface area (Å²) in [5, 5.41) is 12.2. The van der Waals surface area contributed by atoms with E-state index >= 15 is 0 Å². The molecule has 1 heterocycles. The van der Waals surface area contributed by atoms with Gasteiger partial charge in [0.05, 0.1) is 11.6 Å². The summed E-state index contributed by atoms with van der Waals surface area (Å²) in [7, 11) is 0. The molecule has 2 aromatic rings. The monoisotopic (exact) mass is 382 g/mol. The van der Waals surface area contributed by atoms with Crippen LogP contribution in [0.1, 0.15) is 17.0 Å². The lowest BCUT2D eigenvalue weighted by molar-refractivity contribution is -0.137. The molecule has 0 saturated carbocycles. The third kappa shape index (κ3) is 3.55. The van der Waals surface area contributed by atoms with Gasteiger partial charge in [-0.1, -0.05) is 48.5 Å². The van der Waals surface area contributed by atoms with Crippen molar-refractivity contribution in [3.05, 3.63) is 59.7 Å². The summed E-state index contributed by atoms with van der Waals surface area (Å²) in [4.78, 5) is 27.1. The molecule has 7 heteroatoms. The molecule has 0 spiro atoms. The molecule has 1 unspecified atom stereocenters. The van der Waals surface area contributed by atoms with Crippen molar-refractivity contribution in [3.63, 3.8) is 0 Å². The van der Waals surface area contributed by atoms with E-state index in [0.29, 0.717) is 10.8 Å². The average Bonchev–Trinajstić information content (AvgIpc) is 3.28. The molecular formula is C20H18N2O4S. The third-order valence-electron chi connectivity index (χ3n) is 4.72. The highest BCUT2D eigenvalue weighted by Gasteiger charge is 2.29. The highest BCUT2D eigenvalue weighted by molar-refractivity contribution is 8.14. The van der Waals surface area contributed by atoms with Gasteiger partial charge in [0.15, 0.2) is 6.04 Å². The number of carbonyl (C=O) groups is 2. The van der Waals surface area contributed by atoms with Gasteiger partial charge >= 0.3 is 12.1 Å². The summed E-state index contributed by atoms with van der Waals surface area (Å²) < 4.78 is 5.44. The van der Waals surface area contributed by atoms with Crippen LogP contribution < -0.4 is 5.32 Å². The number of amides is 1. The molecule has 1 atom stereocenters. The second kappa shape index (κ2) is 7.44. The zero-order valence-corrected chi connectivity index (χ0v) is 15.2. The van der Waals surface area contributed by atoms with E-state index in [4.69, 9.17) is 9.84 Å². The van der Waals surface area contributed by atoms with Gasteiger partial charge in [-0.15, -0.1) is 11.8 Å². The van der Waals surface area contributed by atoms with Crippen molar-refractivity contribution < 1.29 is 19.4 Å². The van der Waals surface area contributed by atoms with Crippen LogP contribution in [0, 0.1) is 0 Å². The van der Waals surface area contributed by atoms with Crippen LogP contribution >= 0.6 is 11.8 Å². The Hall–Kier alpha value is -2.80. The number of rotatable bonds is 5. The summed E-state index contributed by atoms with van der Waals surface area (Å²) >= 11 is 1.34. The first kappa shape index (κ1) is 17.6. The van der Waals surface area contributed by atoms with Gasteiger partial charge in [0, 0.05) is 11.7 Å². The van der Waals surface area contributed by atoms with E-state index in [1.165, 1.54) is 22.9 Å². The largest absolute Gasteiger partial charge is 0.480 e. The molecule has 2 N–H and O–H groups in total. The average molecular weight is 382 g/mol. The van der Waals surface area contributed by atoms with Gasteiger partial charge in [0.1, 0.15) is 6.61 Å². The molecule has 27 heavy (non-hydrogen) atoms. The highest BCUT2D eigenvalue weighted by Crippen LogP contribution is 2.44. The number of ether oxygens (including phenoxy) is 1. The number of fused-ring (bicyclic) bond motifs is 3. The van der Waals surface area contributed by atoms with E-state index in [0.717, 1.165) is 11.1 Å². The van der Waals surface area contributed by atoms with Crippen molar-refractivity contribution >= 4 is 28.9 Å². The smallest absolute Gasteiger partial charge is 0.407 e. The third-order valence-corrected chi connectivity index (χ3v) is 5.79. The maximum atomic E-state index is 12.1. The number of aliphatic carboxylic acids is 1. The maximum absolute atomic E-state index is 12.1. The van der Waals surface area contributed by atoms with Crippen molar-refractivity contribution in [2.45, 2.75) is 12.0 Å². The molecule has 4 rings (SSSR count). The van der Waals surface area contributed by atoms with E-state index in [-0.39, 0.29) is 19.1 Å². The van der Waals surface area contributed by atoms with Gasteiger partial charge < -0.3 is 15.2 Å². The van der Waals surface area contributed by atoms with E-state index in [1.54, 1.807) is 0 Å². The number of aliphatic imine (C=N–C) groups is 1. The summed E-state index contributed by atoms with van der Waals surface area (Å²) in [5.41, 5.74) is 4.68. The van der Waals surface area contributed by atoms with Gasteiger partial charge in [-0.05, 0) is 22.3 Å². The number of carbonyl (C=O) groups excluding carboxylic acids is 1. The number of carboxylic acid groups (broad SMARTS) is 1. The molecule has 2 aliphatic rings. The van der Waals surface area contributed by atoms with Gasteiger partial charge in [-0.2, -0.15) is 0 Å². The van der Waals surface area contributed by atoms with Gasteiger partial charge in [0.25, 0.3) is 0 Å². The molecule has 6 nitrogen and oxygen atoms in total. The van der Waals surface area contributed by atoms with Crippen LogP contribution in [0.2, 0.25) is 0 Å². The predicted molar refractivity (Wildman–Crippen MR) is 104 cm³/mol. The number of thioether (sulfide) groups is 1. The van der Waals surface area contributed by atoms with E-state index in [1.807, 2.05) is 24.3 Å². The number of nitrogens with zero attached hydrogens (tertiary/aromatic N) is 1. The molecule has 138 valence electrons. The first-order valence-electron chi connectivity index (χ1n) is 8.64. The van der Waals surface area contributed by atoms with Crippen molar-refractivity contribution in [2.24, 2.45) is 4.99 Å². The molecule has 0 aromatic heterocycles. The second-order valence-electron chi connectivity index (χ2n) is 6.37. The van der Waals surface area contributed by atoms with Crippen LogP contribution in [0.15, 0.2) is 53.5 Å². The van der Waals surface area contributed by atoms with E-state index < -0.39 is 18.1 Å². The molecule has 0 saturated heterocycles. The number of carboxylic acids is 1. The number of nitrogens with one attached hydrogen (secondary N) is 1. The Kier molecular flexibility index (Phi) is 4.85. The van der Waals surface area contributed by atoms with Crippen molar-refractivity contribution in [1.82, 2.24) is 5.32 Å². The minimum Gasteiger partial charge on any atom is -0.480 e. The Bertz CT molecular complexity index is 882. The van der Waals surface area contributed by atoms with Crippen LogP contribution in [0.25, 0.3) is 11.1 Å². The summed E-state index contributed by atoms with van der Waals surface area (Å²) in [6.45, 7) is 0.433. The second-order valence-corrected chi connectivity index (χ2v) is 7.46. The van der Waals surface area contributed by atoms with Crippen LogP contribution in [-0.4, -0.2) is 47.2 Å². The van der Waals surface area contributed by atoms with Gasteiger partial charge in [0.2, 0.25) is 0 Å². The molecule has 0 radical (unpaired) electrons. The maximum Gasteiger partial charge on any atom is 0.407 e. The lowest BCUT2D eigenvalue weighted by Gasteiger charge is -2.14. The summed E-state index contributed by atoms with van der Waals surface area (Å²) in [5.74, 6) is -0.534. The first-order chi connectivity index (χ1) is 13.1. The van der Waals surface area contributed by atoms with E-state index in [9.17, 15) is 9.59 Å². The van der Waals surface area contributed by atoms with Crippen molar-refractivity contribution in [1.29, 1.82) is 0 Å². The first-order valence-corrected chi connectivity index (χ1v) is 9.63. The number of benzene rings is 2. The molecule has 1 aliphatic heterocycles. The molecule has 1 aliphatic carbocycles. The fourth-order valence-electron chi connectivity index (χ4n) is 3.44. The van der Waals surface area contributed by atoms with E-state index in [2.05, 4.69) is 34.6 Å². The topological polar surface area (TPSA) is 88.0 Å². The number of hydrogen-bond acceptors (Lipinski definition) is 5.